The van der Waals surface area contributed by atoms with E-state index in [0.717, 1.165) is 13.1 Å². The molecule has 1 aromatic heterocycles. The van der Waals surface area contributed by atoms with E-state index < -0.39 is 0 Å². The number of likely N-dealkylation sites (tertiary alicyclic amines) is 1. The van der Waals surface area contributed by atoms with Crippen LogP contribution in [0.4, 0.5) is 0 Å². The first kappa shape index (κ1) is 17.1. The summed E-state index contributed by atoms with van der Waals surface area (Å²) in [4.78, 5) is 1.60. The molecule has 0 unspecified atom stereocenters. The predicted molar refractivity (Wildman–Crippen MR) is 103 cm³/mol. The molecule has 0 amide bonds. The Morgan fingerprint density at radius 2 is 1.80 bits per heavy atom. The smallest absolute Gasteiger partial charge is 0.121 e. The van der Waals surface area contributed by atoms with E-state index in [1.165, 1.54) is 86.6 Å². The molecule has 1 fully saturated rings. The van der Waals surface area contributed by atoms with Crippen LogP contribution in [0, 0.1) is 6.92 Å². The molecule has 1 atom stereocenters. The summed E-state index contributed by atoms with van der Waals surface area (Å²) in [6.07, 6.45) is 10.1. The van der Waals surface area contributed by atoms with Gasteiger partial charge in [0.15, 0.2) is 0 Å². The van der Waals surface area contributed by atoms with Crippen molar-refractivity contribution in [3.63, 3.8) is 0 Å². The predicted octanol–water partition coefficient (Wildman–Crippen LogP) is 2.65. The molecular weight excluding hydrogens is 308 g/mol. The lowest BCUT2D eigenvalue weighted by atomic mass is 9.95. The summed E-state index contributed by atoms with van der Waals surface area (Å²) in [5.41, 5.74) is 5.73. The van der Waals surface area contributed by atoms with Gasteiger partial charge in [-0.2, -0.15) is 0 Å². The number of benzene rings is 1. The third-order valence-electron chi connectivity index (χ3n) is 6.26. The molecule has 2 heterocycles. The van der Waals surface area contributed by atoms with Crippen molar-refractivity contribution in [1.82, 2.24) is 4.57 Å². The summed E-state index contributed by atoms with van der Waals surface area (Å²) in [5.74, 6) is 0. The molecule has 0 saturated carbocycles. The molecule has 1 saturated heterocycles. The number of hydrogen-bond donors (Lipinski definition) is 2. The van der Waals surface area contributed by atoms with Gasteiger partial charge in [-0.05, 0) is 76.0 Å². The monoisotopic (exact) mass is 341 g/mol. The molecule has 3 nitrogen and oxygen atoms in total. The van der Waals surface area contributed by atoms with Gasteiger partial charge < -0.3 is 14.6 Å². The molecule has 0 bridgehead atoms. The van der Waals surface area contributed by atoms with Gasteiger partial charge >= 0.3 is 0 Å². The number of rotatable bonds is 4. The van der Waals surface area contributed by atoms with Crippen molar-refractivity contribution in [2.75, 3.05) is 19.6 Å². The fourth-order valence-electron chi connectivity index (χ4n) is 5.00. The van der Waals surface area contributed by atoms with Crippen molar-refractivity contribution in [2.45, 2.75) is 70.9 Å². The van der Waals surface area contributed by atoms with Crippen LogP contribution in [0.1, 0.15) is 55.3 Å². The van der Waals surface area contributed by atoms with Gasteiger partial charge in [0, 0.05) is 16.6 Å². The van der Waals surface area contributed by atoms with Gasteiger partial charge in [0.1, 0.15) is 12.6 Å². The van der Waals surface area contributed by atoms with Crippen LogP contribution < -0.4 is 4.90 Å². The van der Waals surface area contributed by atoms with E-state index in [1.54, 1.807) is 10.5 Å². The highest BCUT2D eigenvalue weighted by Crippen LogP contribution is 2.33. The Hall–Kier alpha value is -1.32. The average Bonchev–Trinajstić information content (AvgIpc) is 2.77. The standard InChI is InChI=1S/C22H32N2O/c1-17-10-11-22-20(14-17)19-8-4-5-9-21(19)24(22)16-18(25)15-23-12-6-2-3-7-13-23/h10-11,14,18,25H,2-9,12-13,15-16H2,1H3/p+1/t18-/m0/s1. The van der Waals surface area contributed by atoms with E-state index in [1.807, 2.05) is 0 Å². The van der Waals surface area contributed by atoms with E-state index >= 15 is 0 Å². The second-order valence-corrected chi connectivity index (χ2v) is 8.29. The Morgan fingerprint density at radius 1 is 1.04 bits per heavy atom. The molecule has 2 aliphatic rings. The third-order valence-corrected chi connectivity index (χ3v) is 6.26. The Bertz CT molecular complexity index is 725. The molecule has 4 rings (SSSR count). The number of nitrogens with zero attached hydrogens (tertiary/aromatic N) is 1. The largest absolute Gasteiger partial charge is 0.385 e. The van der Waals surface area contributed by atoms with Crippen LogP contribution in [0.2, 0.25) is 0 Å². The number of nitrogens with one attached hydrogen (secondary N) is 1. The number of aliphatic hydroxyl groups is 1. The second kappa shape index (κ2) is 7.51. The van der Waals surface area contributed by atoms with E-state index in [-0.39, 0.29) is 6.10 Å². The average molecular weight is 342 g/mol. The number of quaternary nitrogens is 1. The van der Waals surface area contributed by atoms with Gasteiger partial charge in [0.25, 0.3) is 0 Å². The van der Waals surface area contributed by atoms with Crippen LogP contribution in [0.3, 0.4) is 0 Å². The summed E-state index contributed by atoms with van der Waals surface area (Å²) in [6, 6.07) is 6.84. The highest BCUT2D eigenvalue weighted by molar-refractivity contribution is 5.86. The van der Waals surface area contributed by atoms with E-state index in [4.69, 9.17) is 0 Å². The fraction of sp³-hybridized carbons (Fsp3) is 0.636. The summed E-state index contributed by atoms with van der Waals surface area (Å²) in [6.45, 7) is 6.32. The Morgan fingerprint density at radius 3 is 2.60 bits per heavy atom. The first-order valence-electron chi connectivity index (χ1n) is 10.3. The molecule has 1 aromatic carbocycles. The van der Waals surface area contributed by atoms with Crippen molar-refractivity contribution in [1.29, 1.82) is 0 Å². The van der Waals surface area contributed by atoms with Crippen molar-refractivity contribution >= 4 is 10.9 Å². The molecule has 1 aliphatic carbocycles. The molecular formula is C22H33N2O+. The van der Waals surface area contributed by atoms with E-state index in [9.17, 15) is 5.11 Å². The fourth-order valence-corrected chi connectivity index (χ4v) is 5.00. The minimum absolute atomic E-state index is 0.240. The lowest BCUT2D eigenvalue weighted by Crippen LogP contribution is -3.13. The second-order valence-electron chi connectivity index (χ2n) is 8.29. The first-order valence-corrected chi connectivity index (χ1v) is 10.3. The van der Waals surface area contributed by atoms with E-state index in [0.29, 0.717) is 0 Å². The molecule has 3 heteroatoms. The van der Waals surface area contributed by atoms with Gasteiger partial charge in [-0.15, -0.1) is 0 Å². The molecule has 0 radical (unpaired) electrons. The van der Waals surface area contributed by atoms with Crippen LogP contribution in [0.15, 0.2) is 18.2 Å². The highest BCUT2D eigenvalue weighted by Gasteiger charge is 2.23. The summed E-state index contributed by atoms with van der Waals surface area (Å²) in [7, 11) is 0. The Balaban J connectivity index is 1.58. The van der Waals surface area contributed by atoms with Crippen LogP contribution in [-0.4, -0.2) is 35.4 Å². The van der Waals surface area contributed by atoms with E-state index in [2.05, 4.69) is 29.7 Å². The van der Waals surface area contributed by atoms with Crippen molar-refractivity contribution in [3.8, 4) is 0 Å². The maximum absolute atomic E-state index is 10.8. The van der Waals surface area contributed by atoms with Crippen LogP contribution >= 0.6 is 0 Å². The number of aliphatic hydroxyl groups excluding tert-OH is 1. The number of fused-ring (bicyclic) bond motifs is 3. The summed E-state index contributed by atoms with van der Waals surface area (Å²) < 4.78 is 2.45. The summed E-state index contributed by atoms with van der Waals surface area (Å²) in [5, 5.41) is 12.3. The van der Waals surface area contributed by atoms with Crippen molar-refractivity contribution in [3.05, 3.63) is 35.0 Å². The lowest BCUT2D eigenvalue weighted by molar-refractivity contribution is -0.902. The lowest BCUT2D eigenvalue weighted by Gasteiger charge is -2.23. The zero-order valence-electron chi connectivity index (χ0n) is 15.7. The van der Waals surface area contributed by atoms with Gasteiger partial charge in [-0.25, -0.2) is 0 Å². The van der Waals surface area contributed by atoms with Crippen molar-refractivity contribution in [2.24, 2.45) is 0 Å². The highest BCUT2D eigenvalue weighted by atomic mass is 16.3. The SMILES string of the molecule is Cc1ccc2c(c1)c1c(n2C[C@@H](O)C[NH+]2CCCCCC2)CCCC1. The van der Waals surface area contributed by atoms with Crippen LogP contribution in [0.5, 0.6) is 0 Å². The molecule has 2 N–H and O–H groups in total. The molecule has 1 aliphatic heterocycles. The summed E-state index contributed by atoms with van der Waals surface area (Å²) >= 11 is 0. The van der Waals surface area contributed by atoms with Crippen LogP contribution in [0.25, 0.3) is 10.9 Å². The van der Waals surface area contributed by atoms with Gasteiger partial charge in [0.2, 0.25) is 0 Å². The van der Waals surface area contributed by atoms with Crippen LogP contribution in [-0.2, 0) is 19.4 Å². The maximum atomic E-state index is 10.8. The van der Waals surface area contributed by atoms with Crippen molar-refractivity contribution < 1.29 is 10.0 Å². The zero-order chi connectivity index (χ0) is 17.2. The normalized spacial score (nSPS) is 20.4. The molecule has 136 valence electrons. The minimum Gasteiger partial charge on any atom is -0.385 e. The first-order chi connectivity index (χ1) is 12.2. The number of hydrogen-bond acceptors (Lipinski definition) is 1. The number of aromatic nitrogens is 1. The van der Waals surface area contributed by atoms with Gasteiger partial charge in [-0.3, -0.25) is 0 Å². The molecule has 25 heavy (non-hydrogen) atoms. The van der Waals surface area contributed by atoms with Gasteiger partial charge in [-0.1, -0.05) is 11.6 Å². The zero-order valence-corrected chi connectivity index (χ0v) is 15.7. The quantitative estimate of drug-likeness (QED) is 0.880. The Labute approximate surface area is 151 Å². The Kier molecular flexibility index (Phi) is 5.14. The maximum Gasteiger partial charge on any atom is 0.121 e. The topological polar surface area (TPSA) is 29.6 Å². The minimum atomic E-state index is -0.240. The van der Waals surface area contributed by atoms with Gasteiger partial charge in [0.05, 0.1) is 19.6 Å². The number of aryl methyl sites for hydroxylation is 2. The third kappa shape index (κ3) is 3.63. The molecule has 2 aromatic rings. The molecule has 0 spiro atoms.